The van der Waals surface area contributed by atoms with E-state index in [0.29, 0.717) is 17.9 Å². The molecule has 0 saturated heterocycles. The number of ether oxygens (including phenoxy) is 1. The van der Waals surface area contributed by atoms with Crippen molar-refractivity contribution in [3.05, 3.63) is 47.8 Å². The van der Waals surface area contributed by atoms with E-state index in [1.54, 1.807) is 12.5 Å². The molecule has 0 N–H and O–H groups in total. The minimum Gasteiger partial charge on any atom is -0.484 e. The van der Waals surface area contributed by atoms with Gasteiger partial charge in [-0.2, -0.15) is 0 Å². The molecule has 19 heavy (non-hydrogen) atoms. The second-order valence-corrected chi connectivity index (χ2v) is 4.62. The molecule has 1 aliphatic carbocycles. The van der Waals surface area contributed by atoms with Crippen molar-refractivity contribution in [1.82, 2.24) is 9.55 Å². The highest BCUT2D eigenvalue weighted by Crippen LogP contribution is 2.35. The lowest BCUT2D eigenvalue weighted by molar-refractivity contribution is 0.112. The predicted molar refractivity (Wildman–Crippen MR) is 66.6 cm³/mol. The van der Waals surface area contributed by atoms with Crippen LogP contribution in [-0.4, -0.2) is 15.8 Å². The number of nitrogens with zero attached hydrogens (tertiary/aromatic N) is 2. The summed E-state index contributed by atoms with van der Waals surface area (Å²) in [6.45, 7) is 0.272. The fraction of sp³-hybridized carbons (Fsp3) is 0.286. The van der Waals surface area contributed by atoms with E-state index in [9.17, 15) is 9.18 Å². The maximum atomic E-state index is 13.6. The summed E-state index contributed by atoms with van der Waals surface area (Å²) in [6, 6.07) is 4.68. The first-order valence-corrected chi connectivity index (χ1v) is 6.16. The summed E-state index contributed by atoms with van der Waals surface area (Å²) < 4.78 is 21.1. The van der Waals surface area contributed by atoms with Crippen LogP contribution in [0.3, 0.4) is 0 Å². The molecule has 1 aliphatic rings. The predicted octanol–water partition coefficient (Wildman–Crippen LogP) is 2.75. The average molecular weight is 260 g/mol. The van der Waals surface area contributed by atoms with Crippen molar-refractivity contribution >= 4 is 6.29 Å². The van der Waals surface area contributed by atoms with Crippen molar-refractivity contribution in [2.75, 3.05) is 0 Å². The molecule has 0 atom stereocenters. The van der Waals surface area contributed by atoms with E-state index in [1.165, 1.54) is 18.2 Å². The van der Waals surface area contributed by atoms with Gasteiger partial charge in [-0.25, -0.2) is 9.37 Å². The number of hydrogen-bond acceptors (Lipinski definition) is 3. The van der Waals surface area contributed by atoms with Gasteiger partial charge in [0.2, 0.25) is 0 Å². The molecule has 0 unspecified atom stereocenters. The van der Waals surface area contributed by atoms with E-state index in [0.717, 1.165) is 18.5 Å². The first-order valence-electron chi connectivity index (χ1n) is 6.16. The molecular formula is C14H13FN2O2. The van der Waals surface area contributed by atoms with E-state index in [4.69, 9.17) is 4.74 Å². The normalized spacial score (nSPS) is 14.4. The van der Waals surface area contributed by atoms with Crippen molar-refractivity contribution < 1.29 is 13.9 Å². The largest absolute Gasteiger partial charge is 0.484 e. The third-order valence-corrected chi connectivity index (χ3v) is 3.15. The fourth-order valence-electron chi connectivity index (χ4n) is 1.98. The number of rotatable bonds is 5. The van der Waals surface area contributed by atoms with Gasteiger partial charge in [0, 0.05) is 11.6 Å². The van der Waals surface area contributed by atoms with Gasteiger partial charge in [-0.15, -0.1) is 0 Å². The van der Waals surface area contributed by atoms with E-state index in [2.05, 4.69) is 9.55 Å². The summed E-state index contributed by atoms with van der Waals surface area (Å²) in [7, 11) is 0. The molecule has 0 bridgehead atoms. The Morgan fingerprint density at radius 2 is 2.32 bits per heavy atom. The Morgan fingerprint density at radius 1 is 1.47 bits per heavy atom. The molecule has 0 amide bonds. The maximum absolute atomic E-state index is 13.6. The molecule has 0 aliphatic heterocycles. The molecule has 1 heterocycles. The molecule has 4 nitrogen and oxygen atoms in total. The van der Waals surface area contributed by atoms with Crippen LogP contribution in [0.4, 0.5) is 4.39 Å². The molecule has 1 fully saturated rings. The lowest BCUT2D eigenvalue weighted by atomic mass is 10.2. The van der Waals surface area contributed by atoms with Crippen LogP contribution in [0.2, 0.25) is 0 Å². The highest BCUT2D eigenvalue weighted by atomic mass is 19.1. The summed E-state index contributed by atoms with van der Waals surface area (Å²) in [6.07, 6.45) is 6.44. The minimum atomic E-state index is -0.526. The van der Waals surface area contributed by atoms with Gasteiger partial charge in [0.15, 0.2) is 11.6 Å². The first-order chi connectivity index (χ1) is 9.28. The topological polar surface area (TPSA) is 44.1 Å². The molecule has 1 aromatic carbocycles. The third kappa shape index (κ3) is 2.50. The number of carbonyl (C=O) groups excluding carboxylic acids is 1. The second kappa shape index (κ2) is 4.84. The van der Waals surface area contributed by atoms with Gasteiger partial charge in [-0.1, -0.05) is 0 Å². The van der Waals surface area contributed by atoms with Crippen molar-refractivity contribution in [1.29, 1.82) is 0 Å². The molecule has 2 aromatic rings. The van der Waals surface area contributed by atoms with Crippen LogP contribution >= 0.6 is 0 Å². The number of halogens is 1. The van der Waals surface area contributed by atoms with Gasteiger partial charge < -0.3 is 9.30 Å². The molecule has 1 aromatic heterocycles. The van der Waals surface area contributed by atoms with Crippen LogP contribution in [0.1, 0.15) is 34.9 Å². The van der Waals surface area contributed by atoms with Gasteiger partial charge >= 0.3 is 0 Å². The van der Waals surface area contributed by atoms with Crippen LogP contribution in [0, 0.1) is 5.82 Å². The summed E-state index contributed by atoms with van der Waals surface area (Å²) in [4.78, 5) is 14.6. The summed E-state index contributed by atoms with van der Waals surface area (Å²) in [5, 5.41) is 0. The van der Waals surface area contributed by atoms with E-state index >= 15 is 0 Å². The Morgan fingerprint density at radius 3 is 3.00 bits per heavy atom. The van der Waals surface area contributed by atoms with E-state index in [1.807, 2.05) is 0 Å². The number of imidazole rings is 1. The average Bonchev–Trinajstić information content (AvgIpc) is 3.16. The Balaban J connectivity index is 1.71. The van der Waals surface area contributed by atoms with Crippen LogP contribution in [0.15, 0.2) is 30.7 Å². The zero-order valence-electron chi connectivity index (χ0n) is 10.3. The zero-order chi connectivity index (χ0) is 13.2. The molecular weight excluding hydrogens is 247 g/mol. The lowest BCUT2D eigenvalue weighted by Crippen LogP contribution is -2.04. The zero-order valence-corrected chi connectivity index (χ0v) is 10.3. The van der Waals surface area contributed by atoms with Crippen molar-refractivity contribution in [2.45, 2.75) is 25.5 Å². The SMILES string of the molecule is O=Cc1ccc(OCc2cncn2C2CC2)c(F)c1. The van der Waals surface area contributed by atoms with Crippen LogP contribution in [0.5, 0.6) is 5.75 Å². The number of aldehydes is 1. The van der Waals surface area contributed by atoms with Gasteiger partial charge in [0.05, 0.1) is 18.2 Å². The van der Waals surface area contributed by atoms with Crippen LogP contribution in [0.25, 0.3) is 0 Å². The van der Waals surface area contributed by atoms with Crippen molar-refractivity contribution in [3.8, 4) is 5.75 Å². The Kier molecular flexibility index (Phi) is 3.03. The van der Waals surface area contributed by atoms with Gasteiger partial charge in [0.1, 0.15) is 12.9 Å². The molecule has 5 heteroatoms. The number of aromatic nitrogens is 2. The summed E-state index contributed by atoms with van der Waals surface area (Å²) in [5.74, 6) is -0.378. The molecule has 98 valence electrons. The fourth-order valence-corrected chi connectivity index (χ4v) is 1.98. The van der Waals surface area contributed by atoms with Crippen LogP contribution < -0.4 is 4.74 Å². The highest BCUT2D eigenvalue weighted by molar-refractivity contribution is 5.74. The molecule has 1 saturated carbocycles. The third-order valence-electron chi connectivity index (χ3n) is 3.15. The Bertz CT molecular complexity index is 605. The van der Waals surface area contributed by atoms with Gasteiger partial charge in [-0.05, 0) is 31.0 Å². The summed E-state index contributed by atoms with van der Waals surface area (Å²) >= 11 is 0. The lowest BCUT2D eigenvalue weighted by Gasteiger charge is -2.09. The monoisotopic (exact) mass is 260 g/mol. The molecule has 0 spiro atoms. The van der Waals surface area contributed by atoms with Crippen molar-refractivity contribution in [2.24, 2.45) is 0 Å². The summed E-state index contributed by atoms with van der Waals surface area (Å²) in [5.41, 5.74) is 1.23. The molecule has 0 radical (unpaired) electrons. The van der Waals surface area contributed by atoms with Crippen molar-refractivity contribution in [3.63, 3.8) is 0 Å². The number of carbonyl (C=O) groups is 1. The number of benzene rings is 1. The second-order valence-electron chi connectivity index (χ2n) is 4.62. The van der Waals surface area contributed by atoms with E-state index < -0.39 is 5.82 Å². The quantitative estimate of drug-likeness (QED) is 0.776. The smallest absolute Gasteiger partial charge is 0.165 e. The van der Waals surface area contributed by atoms with Gasteiger partial charge in [-0.3, -0.25) is 4.79 Å². The first kappa shape index (κ1) is 11.9. The Labute approximate surface area is 109 Å². The van der Waals surface area contributed by atoms with E-state index in [-0.39, 0.29) is 12.4 Å². The molecule has 3 rings (SSSR count). The maximum Gasteiger partial charge on any atom is 0.165 e. The minimum absolute atomic E-state index is 0.147. The standard InChI is InChI=1S/C14H13FN2O2/c15-13-5-10(7-18)1-4-14(13)19-8-12-6-16-9-17(12)11-2-3-11/h1,4-7,9,11H,2-3,8H2. The van der Waals surface area contributed by atoms with Crippen LogP contribution in [-0.2, 0) is 6.61 Å². The Hall–Kier alpha value is -2.17. The number of hydrogen-bond donors (Lipinski definition) is 0. The van der Waals surface area contributed by atoms with Gasteiger partial charge in [0.25, 0.3) is 0 Å². The highest BCUT2D eigenvalue weighted by Gasteiger charge is 2.25.